The van der Waals surface area contributed by atoms with E-state index in [4.69, 9.17) is 0 Å². The number of thiol groups is 1. The van der Waals surface area contributed by atoms with Crippen LogP contribution in [0.15, 0.2) is 41.3 Å². The van der Waals surface area contributed by atoms with Gasteiger partial charge in [-0.15, -0.1) is 12.6 Å². The fraction of sp³-hybridized carbons (Fsp3) is 0.409. The smallest absolute Gasteiger partial charge is 0.245 e. The molecule has 2 aromatic rings. The Morgan fingerprint density at radius 3 is 2.67 bits per heavy atom. The molecule has 144 valence electrons. The lowest BCUT2D eigenvalue weighted by Gasteiger charge is -2.30. The van der Waals surface area contributed by atoms with Crippen molar-refractivity contribution in [3.05, 3.63) is 58.9 Å². The number of halogens is 1. The van der Waals surface area contributed by atoms with Gasteiger partial charge in [0.05, 0.1) is 5.69 Å². The molecule has 3 nitrogen and oxygen atoms in total. The third kappa shape index (κ3) is 4.64. The third-order valence-electron chi connectivity index (χ3n) is 5.11. The summed E-state index contributed by atoms with van der Waals surface area (Å²) in [5.41, 5.74) is 3.67. The molecule has 1 unspecified atom stereocenters. The van der Waals surface area contributed by atoms with Crippen LogP contribution in [0.1, 0.15) is 37.0 Å². The minimum absolute atomic E-state index is 0.0211. The van der Waals surface area contributed by atoms with Crippen molar-refractivity contribution in [1.29, 1.82) is 0 Å². The molecule has 1 atom stereocenters. The van der Waals surface area contributed by atoms with Gasteiger partial charge in [0.1, 0.15) is 11.9 Å². The molecule has 27 heavy (non-hydrogen) atoms. The second kappa shape index (κ2) is 8.34. The summed E-state index contributed by atoms with van der Waals surface area (Å²) in [6.45, 7) is 7.12. The number of fused-ring (bicyclic) bond motifs is 1. The third-order valence-corrected chi connectivity index (χ3v) is 5.38. The average molecular weight is 387 g/mol. The van der Waals surface area contributed by atoms with Crippen LogP contribution in [-0.4, -0.2) is 23.4 Å². The van der Waals surface area contributed by atoms with Gasteiger partial charge in [-0.05, 0) is 66.6 Å². The van der Waals surface area contributed by atoms with Gasteiger partial charge in [0.25, 0.3) is 0 Å². The molecule has 1 heterocycles. The van der Waals surface area contributed by atoms with Gasteiger partial charge >= 0.3 is 0 Å². The Morgan fingerprint density at radius 2 is 1.96 bits per heavy atom. The SMILES string of the molecule is Cc1ccc(NC(C(=O)N2CCCc3cc(S)ccc3C2)C(C)C)c(F)c1. The highest BCUT2D eigenvalue weighted by molar-refractivity contribution is 7.80. The Morgan fingerprint density at radius 1 is 1.19 bits per heavy atom. The van der Waals surface area contributed by atoms with Gasteiger partial charge in [0.15, 0.2) is 0 Å². The summed E-state index contributed by atoms with van der Waals surface area (Å²) in [6.07, 6.45) is 1.86. The minimum atomic E-state index is -0.465. The van der Waals surface area contributed by atoms with Gasteiger partial charge in [-0.1, -0.05) is 26.0 Å². The van der Waals surface area contributed by atoms with Crippen molar-refractivity contribution < 1.29 is 9.18 Å². The fourth-order valence-electron chi connectivity index (χ4n) is 3.55. The lowest BCUT2D eigenvalue weighted by Crippen LogP contribution is -2.45. The summed E-state index contributed by atoms with van der Waals surface area (Å²) in [4.78, 5) is 16.1. The van der Waals surface area contributed by atoms with E-state index in [0.717, 1.165) is 23.3 Å². The highest BCUT2D eigenvalue weighted by Gasteiger charge is 2.29. The van der Waals surface area contributed by atoms with Gasteiger partial charge in [0.2, 0.25) is 5.91 Å². The van der Waals surface area contributed by atoms with Crippen LogP contribution in [0.4, 0.5) is 10.1 Å². The molecule has 5 heteroatoms. The minimum Gasteiger partial charge on any atom is -0.371 e. The zero-order valence-electron chi connectivity index (χ0n) is 16.1. The quantitative estimate of drug-likeness (QED) is 0.738. The van der Waals surface area contributed by atoms with Gasteiger partial charge in [-0.25, -0.2) is 4.39 Å². The first-order chi connectivity index (χ1) is 12.8. The number of carbonyl (C=O) groups excluding carboxylic acids is 1. The summed E-state index contributed by atoms with van der Waals surface area (Å²) in [7, 11) is 0. The van der Waals surface area contributed by atoms with Crippen LogP contribution in [-0.2, 0) is 17.8 Å². The predicted molar refractivity (Wildman–Crippen MR) is 111 cm³/mol. The molecule has 0 saturated heterocycles. The van der Waals surface area contributed by atoms with Crippen LogP contribution in [0, 0.1) is 18.7 Å². The Kier molecular flexibility index (Phi) is 6.10. The van der Waals surface area contributed by atoms with Crippen LogP contribution in [0.5, 0.6) is 0 Å². The van der Waals surface area contributed by atoms with Crippen LogP contribution in [0.3, 0.4) is 0 Å². The van der Waals surface area contributed by atoms with E-state index in [0.29, 0.717) is 18.8 Å². The Bertz CT molecular complexity index is 837. The fourth-order valence-corrected chi connectivity index (χ4v) is 3.78. The second-order valence-corrected chi connectivity index (χ2v) is 8.18. The van der Waals surface area contributed by atoms with Crippen LogP contribution in [0.2, 0.25) is 0 Å². The molecule has 3 rings (SSSR count). The maximum Gasteiger partial charge on any atom is 0.245 e. The molecule has 0 saturated carbocycles. The topological polar surface area (TPSA) is 32.3 Å². The normalized spacial score (nSPS) is 15.3. The number of hydrogen-bond acceptors (Lipinski definition) is 3. The molecule has 0 fully saturated rings. The molecule has 0 radical (unpaired) electrons. The van der Waals surface area contributed by atoms with E-state index in [2.05, 4.69) is 30.1 Å². The van der Waals surface area contributed by atoms with Crippen molar-refractivity contribution >= 4 is 24.2 Å². The zero-order chi connectivity index (χ0) is 19.6. The lowest BCUT2D eigenvalue weighted by atomic mass is 10.0. The molecule has 0 aliphatic carbocycles. The van der Waals surface area contributed by atoms with E-state index in [9.17, 15) is 9.18 Å². The van der Waals surface area contributed by atoms with E-state index >= 15 is 0 Å². The Balaban J connectivity index is 1.81. The number of nitrogens with zero attached hydrogens (tertiary/aromatic N) is 1. The molecule has 1 amide bonds. The summed E-state index contributed by atoms with van der Waals surface area (Å²) >= 11 is 4.42. The average Bonchev–Trinajstić information content (AvgIpc) is 2.82. The highest BCUT2D eigenvalue weighted by atomic mass is 32.1. The molecular formula is C22H27FN2OS. The van der Waals surface area contributed by atoms with Crippen molar-refractivity contribution in [1.82, 2.24) is 4.90 Å². The van der Waals surface area contributed by atoms with Gasteiger partial charge in [0, 0.05) is 18.0 Å². The van der Waals surface area contributed by atoms with Crippen molar-refractivity contribution in [2.24, 2.45) is 5.92 Å². The number of benzene rings is 2. The maximum atomic E-state index is 14.3. The number of rotatable bonds is 4. The van der Waals surface area contributed by atoms with Crippen LogP contribution < -0.4 is 5.32 Å². The number of anilines is 1. The van der Waals surface area contributed by atoms with Gasteiger partial charge in [-0.3, -0.25) is 4.79 Å². The summed E-state index contributed by atoms with van der Waals surface area (Å²) < 4.78 is 14.3. The molecule has 1 aliphatic heterocycles. The monoisotopic (exact) mass is 386 g/mol. The molecule has 0 spiro atoms. The van der Waals surface area contributed by atoms with Crippen molar-refractivity contribution in [2.75, 3.05) is 11.9 Å². The lowest BCUT2D eigenvalue weighted by molar-refractivity contribution is -0.133. The first kappa shape index (κ1) is 19.7. The van der Waals surface area contributed by atoms with Crippen molar-refractivity contribution in [3.63, 3.8) is 0 Å². The molecule has 2 aromatic carbocycles. The Hall–Kier alpha value is -2.01. The van der Waals surface area contributed by atoms with E-state index in [1.54, 1.807) is 6.07 Å². The van der Waals surface area contributed by atoms with E-state index in [-0.39, 0.29) is 17.6 Å². The molecule has 1 N–H and O–H groups in total. The van der Waals surface area contributed by atoms with Crippen LogP contribution >= 0.6 is 12.6 Å². The van der Waals surface area contributed by atoms with E-state index in [1.165, 1.54) is 17.2 Å². The second-order valence-electron chi connectivity index (χ2n) is 7.67. The van der Waals surface area contributed by atoms with Crippen LogP contribution in [0.25, 0.3) is 0 Å². The van der Waals surface area contributed by atoms with E-state index in [1.807, 2.05) is 37.8 Å². The van der Waals surface area contributed by atoms with Crippen molar-refractivity contribution in [2.45, 2.75) is 51.1 Å². The zero-order valence-corrected chi connectivity index (χ0v) is 17.0. The first-order valence-corrected chi connectivity index (χ1v) is 9.92. The summed E-state index contributed by atoms with van der Waals surface area (Å²) in [5.74, 6) is -0.260. The largest absolute Gasteiger partial charge is 0.371 e. The number of carbonyl (C=O) groups is 1. The van der Waals surface area contributed by atoms with Crippen molar-refractivity contribution in [3.8, 4) is 0 Å². The van der Waals surface area contributed by atoms with Gasteiger partial charge in [-0.2, -0.15) is 0 Å². The summed E-state index contributed by atoms with van der Waals surface area (Å²) in [6, 6.07) is 10.7. The number of amides is 1. The molecule has 0 aromatic heterocycles. The first-order valence-electron chi connectivity index (χ1n) is 9.47. The van der Waals surface area contributed by atoms with Gasteiger partial charge < -0.3 is 10.2 Å². The molecular weight excluding hydrogens is 359 g/mol. The highest BCUT2D eigenvalue weighted by Crippen LogP contribution is 2.24. The number of aryl methyl sites for hydroxylation is 2. The number of nitrogens with one attached hydrogen (secondary N) is 1. The predicted octanol–water partition coefficient (Wildman–Crippen LogP) is 4.83. The van der Waals surface area contributed by atoms with E-state index < -0.39 is 6.04 Å². The molecule has 0 bridgehead atoms. The maximum absolute atomic E-state index is 14.3. The number of hydrogen-bond donors (Lipinski definition) is 2. The summed E-state index contributed by atoms with van der Waals surface area (Å²) in [5, 5.41) is 3.15. The Labute approximate surface area is 166 Å². The molecule has 1 aliphatic rings. The standard InChI is InChI=1S/C22H27FN2OS/c1-14(2)21(24-20-9-6-15(3)11-19(20)23)22(26)25-10-4-5-16-12-18(27)8-7-17(16)13-25/h6-9,11-12,14,21,24,27H,4-5,10,13H2,1-3H3.